The van der Waals surface area contributed by atoms with Gasteiger partial charge < -0.3 is 0 Å². The van der Waals surface area contributed by atoms with Crippen molar-refractivity contribution >= 4 is 11.6 Å². The first kappa shape index (κ1) is 15.2. The van der Waals surface area contributed by atoms with Crippen LogP contribution >= 0.6 is 11.6 Å². The highest BCUT2D eigenvalue weighted by atomic mass is 35.5. The van der Waals surface area contributed by atoms with Gasteiger partial charge in [-0.25, -0.2) is 0 Å². The molecule has 0 amide bonds. The van der Waals surface area contributed by atoms with E-state index in [-0.39, 0.29) is 0 Å². The molecule has 128 valence electrons. The summed E-state index contributed by atoms with van der Waals surface area (Å²) in [6.45, 7) is 10.5. The molecule has 1 aliphatic carbocycles. The lowest BCUT2D eigenvalue weighted by atomic mass is 9.58. The van der Waals surface area contributed by atoms with E-state index in [1.54, 1.807) is 0 Å². The van der Waals surface area contributed by atoms with Gasteiger partial charge in [0.05, 0.1) is 25.3 Å². The van der Waals surface area contributed by atoms with Crippen LogP contribution in [0.3, 0.4) is 0 Å². The van der Waals surface area contributed by atoms with Crippen LogP contribution in [0, 0.1) is 12.0 Å². The third kappa shape index (κ3) is 2.26. The molecule has 0 N–H and O–H groups in total. The maximum Gasteiger partial charge on any atom is 0.151 e. The molecule has 1 saturated carbocycles. The highest BCUT2D eigenvalue weighted by Gasteiger charge is 2.56. The summed E-state index contributed by atoms with van der Waals surface area (Å²) >= 11 is 6.22. The van der Waals surface area contributed by atoms with Gasteiger partial charge in [0, 0.05) is 22.9 Å². The minimum Gasteiger partial charge on any atom is -0.295 e. The summed E-state index contributed by atoms with van der Waals surface area (Å²) in [6, 6.07) is 6.08. The van der Waals surface area contributed by atoms with E-state index < -0.39 is 0 Å². The molecule has 2 fully saturated rings. The van der Waals surface area contributed by atoms with Crippen LogP contribution in [0.5, 0.6) is 0 Å². The minimum atomic E-state index is 0.339. The summed E-state index contributed by atoms with van der Waals surface area (Å²) in [6.07, 6.45) is 2.21. The summed E-state index contributed by atoms with van der Waals surface area (Å²) in [4.78, 5) is 5.76. The Hall–Kier alpha value is -2.10. The quantitative estimate of drug-likeness (QED) is 0.738. The SMILES string of the molecule is [C-]#[N+]N1CC2(CC(c3nnc4n3-c3ccc(Cl)cc3CN(C)C4)C2)C1. The van der Waals surface area contributed by atoms with Crippen molar-refractivity contribution in [3.63, 3.8) is 0 Å². The summed E-state index contributed by atoms with van der Waals surface area (Å²) < 4.78 is 2.25. The van der Waals surface area contributed by atoms with Gasteiger partial charge >= 0.3 is 0 Å². The Kier molecular flexibility index (Phi) is 3.16. The molecule has 0 bridgehead atoms. The number of rotatable bonds is 1. The van der Waals surface area contributed by atoms with Crippen LogP contribution < -0.4 is 0 Å². The molecule has 2 aromatic rings. The van der Waals surface area contributed by atoms with Crippen molar-refractivity contribution in [1.82, 2.24) is 24.7 Å². The maximum atomic E-state index is 7.10. The first-order valence-corrected chi connectivity index (χ1v) is 8.99. The molecule has 0 atom stereocenters. The van der Waals surface area contributed by atoms with Gasteiger partial charge in [0.15, 0.2) is 5.82 Å². The van der Waals surface area contributed by atoms with Gasteiger partial charge in [0.2, 0.25) is 0 Å². The van der Waals surface area contributed by atoms with E-state index in [1.807, 2.05) is 17.1 Å². The van der Waals surface area contributed by atoms with Crippen molar-refractivity contribution in [3.05, 3.63) is 52.0 Å². The topological polar surface area (TPSA) is 41.6 Å². The average molecular weight is 355 g/mol. The van der Waals surface area contributed by atoms with Crippen LogP contribution in [-0.2, 0) is 13.1 Å². The van der Waals surface area contributed by atoms with Crippen LogP contribution in [0.1, 0.15) is 36.0 Å². The number of fused-ring (bicyclic) bond motifs is 3. The molecule has 1 spiro atoms. The van der Waals surface area contributed by atoms with Crippen LogP contribution in [0.2, 0.25) is 5.02 Å². The van der Waals surface area contributed by atoms with Crippen LogP contribution in [-0.4, -0.2) is 44.8 Å². The largest absolute Gasteiger partial charge is 0.295 e. The molecule has 3 aliphatic rings. The Morgan fingerprint density at radius 3 is 2.80 bits per heavy atom. The highest BCUT2D eigenvalue weighted by molar-refractivity contribution is 6.30. The Morgan fingerprint density at radius 2 is 2.04 bits per heavy atom. The van der Waals surface area contributed by atoms with E-state index in [9.17, 15) is 0 Å². The second-order valence-corrected chi connectivity index (χ2v) is 8.22. The summed E-state index contributed by atoms with van der Waals surface area (Å²) in [5.41, 5.74) is 2.71. The monoisotopic (exact) mass is 354 g/mol. The summed E-state index contributed by atoms with van der Waals surface area (Å²) in [5, 5.41) is 11.6. The molecule has 0 radical (unpaired) electrons. The van der Waals surface area contributed by atoms with Crippen molar-refractivity contribution in [3.8, 4) is 5.69 Å². The molecule has 0 unspecified atom stereocenters. The molecular formula is C18H19ClN6. The second-order valence-electron chi connectivity index (χ2n) is 7.78. The van der Waals surface area contributed by atoms with Crippen molar-refractivity contribution in [2.24, 2.45) is 5.41 Å². The first-order chi connectivity index (χ1) is 12.1. The predicted molar refractivity (Wildman–Crippen MR) is 94.1 cm³/mol. The maximum absolute atomic E-state index is 7.10. The fourth-order valence-corrected chi connectivity index (χ4v) is 4.87. The minimum absolute atomic E-state index is 0.339. The molecule has 7 heteroatoms. The normalized spacial score (nSPS) is 21.7. The van der Waals surface area contributed by atoms with Gasteiger partial charge in [-0.2, -0.15) is 11.5 Å². The van der Waals surface area contributed by atoms with Crippen molar-refractivity contribution < 1.29 is 0 Å². The smallest absolute Gasteiger partial charge is 0.151 e. The van der Waals surface area contributed by atoms with Crippen LogP contribution in [0.15, 0.2) is 18.2 Å². The highest BCUT2D eigenvalue weighted by Crippen LogP contribution is 2.56. The number of nitrogens with zero attached hydrogens (tertiary/aromatic N) is 6. The first-order valence-electron chi connectivity index (χ1n) is 8.61. The second kappa shape index (κ2) is 5.20. The third-order valence-corrected chi connectivity index (χ3v) is 6.03. The zero-order valence-electron chi connectivity index (χ0n) is 14.1. The summed E-state index contributed by atoms with van der Waals surface area (Å²) in [5.74, 6) is 2.50. The molecular weight excluding hydrogens is 336 g/mol. The zero-order chi connectivity index (χ0) is 17.2. The number of hydrogen-bond donors (Lipinski definition) is 0. The Bertz CT molecular complexity index is 883. The molecule has 5 rings (SSSR count). The van der Waals surface area contributed by atoms with Gasteiger partial charge in [-0.15, -0.1) is 15.2 Å². The Labute approximate surface area is 151 Å². The molecule has 1 aromatic heterocycles. The van der Waals surface area contributed by atoms with E-state index in [0.717, 1.165) is 61.4 Å². The molecule has 1 aromatic carbocycles. The van der Waals surface area contributed by atoms with E-state index in [0.29, 0.717) is 11.3 Å². The molecule has 1 saturated heterocycles. The van der Waals surface area contributed by atoms with Crippen LogP contribution in [0.25, 0.3) is 10.6 Å². The number of halogens is 1. The van der Waals surface area contributed by atoms with Crippen molar-refractivity contribution in [2.75, 3.05) is 20.1 Å². The lowest BCUT2D eigenvalue weighted by Gasteiger charge is -2.53. The van der Waals surface area contributed by atoms with Gasteiger partial charge in [-0.3, -0.25) is 9.47 Å². The van der Waals surface area contributed by atoms with E-state index in [4.69, 9.17) is 18.2 Å². The zero-order valence-corrected chi connectivity index (χ0v) is 14.9. The number of aromatic nitrogens is 3. The van der Waals surface area contributed by atoms with E-state index in [2.05, 4.69) is 37.7 Å². The van der Waals surface area contributed by atoms with E-state index in [1.165, 1.54) is 5.56 Å². The molecule has 25 heavy (non-hydrogen) atoms. The Morgan fingerprint density at radius 1 is 1.24 bits per heavy atom. The fraction of sp³-hybridized carbons (Fsp3) is 0.500. The molecule has 2 aliphatic heterocycles. The van der Waals surface area contributed by atoms with Crippen molar-refractivity contribution in [1.29, 1.82) is 0 Å². The predicted octanol–water partition coefficient (Wildman–Crippen LogP) is 2.88. The Balaban J connectivity index is 1.50. The fourth-order valence-electron chi connectivity index (χ4n) is 4.67. The number of benzene rings is 1. The average Bonchev–Trinajstić information content (AvgIpc) is 2.82. The number of hydrogen-bond acceptors (Lipinski definition) is 4. The third-order valence-electron chi connectivity index (χ3n) is 5.79. The van der Waals surface area contributed by atoms with Crippen LogP contribution in [0.4, 0.5) is 0 Å². The molecule has 3 heterocycles. The summed E-state index contributed by atoms with van der Waals surface area (Å²) in [7, 11) is 2.10. The molecule has 6 nitrogen and oxygen atoms in total. The lowest BCUT2D eigenvalue weighted by Crippen LogP contribution is -2.59. The van der Waals surface area contributed by atoms with Gasteiger partial charge in [0.1, 0.15) is 5.82 Å². The van der Waals surface area contributed by atoms with Gasteiger partial charge in [-0.1, -0.05) is 11.6 Å². The standard InChI is InChI=1S/C18H19ClN6/c1-20-24-10-18(11-24)6-13(7-18)17-22-21-16-9-23(2)8-12-5-14(19)3-4-15(12)25(16)17/h3-5,13H,6-11H2,2H3. The van der Waals surface area contributed by atoms with Gasteiger partial charge in [0.25, 0.3) is 0 Å². The van der Waals surface area contributed by atoms with E-state index >= 15 is 0 Å². The van der Waals surface area contributed by atoms with Crippen molar-refractivity contribution in [2.45, 2.75) is 31.8 Å². The van der Waals surface area contributed by atoms with Gasteiger partial charge in [-0.05, 0) is 43.7 Å². The lowest BCUT2D eigenvalue weighted by molar-refractivity contribution is -0.0502.